The zero-order chi connectivity index (χ0) is 17.2. The van der Waals surface area contributed by atoms with Crippen molar-refractivity contribution in [2.75, 3.05) is 36.4 Å². The van der Waals surface area contributed by atoms with Crippen molar-refractivity contribution in [1.29, 1.82) is 0 Å². The number of aliphatic hydroxyl groups is 1. The van der Waals surface area contributed by atoms with Crippen LogP contribution in [0.3, 0.4) is 0 Å². The maximum atomic E-state index is 10.6. The molecule has 4 rings (SSSR count). The number of rotatable bonds is 4. The SMILES string of the molecule is OC(Nc1ccsc1Cl)c1ccc2cnc(N3CCCNCC3)nn12. The number of aromatic nitrogens is 3. The molecule has 25 heavy (non-hydrogen) atoms. The van der Waals surface area contributed by atoms with E-state index in [-0.39, 0.29) is 0 Å². The number of anilines is 2. The number of aliphatic hydroxyl groups excluding tert-OH is 1. The van der Waals surface area contributed by atoms with Gasteiger partial charge in [-0.1, -0.05) is 11.6 Å². The van der Waals surface area contributed by atoms with Crippen molar-refractivity contribution in [1.82, 2.24) is 19.9 Å². The summed E-state index contributed by atoms with van der Waals surface area (Å²) in [5.74, 6) is 0.675. The number of hydrogen-bond donors (Lipinski definition) is 3. The van der Waals surface area contributed by atoms with Crippen LogP contribution in [0, 0.1) is 0 Å². The van der Waals surface area contributed by atoms with Crippen LogP contribution in [0.1, 0.15) is 18.3 Å². The highest BCUT2D eigenvalue weighted by Gasteiger charge is 2.17. The third-order valence-electron chi connectivity index (χ3n) is 4.23. The Morgan fingerprint density at radius 2 is 2.20 bits per heavy atom. The summed E-state index contributed by atoms with van der Waals surface area (Å²) in [4.78, 5) is 6.64. The van der Waals surface area contributed by atoms with Gasteiger partial charge in [-0.3, -0.25) is 0 Å². The van der Waals surface area contributed by atoms with E-state index in [4.69, 9.17) is 11.6 Å². The molecule has 0 radical (unpaired) electrons. The molecule has 1 unspecified atom stereocenters. The minimum atomic E-state index is -0.914. The Morgan fingerprint density at radius 1 is 1.28 bits per heavy atom. The summed E-state index contributed by atoms with van der Waals surface area (Å²) in [6.07, 6.45) is 1.93. The summed E-state index contributed by atoms with van der Waals surface area (Å²) < 4.78 is 2.35. The van der Waals surface area contributed by atoms with Crippen LogP contribution in [0.2, 0.25) is 4.34 Å². The molecule has 4 heterocycles. The fraction of sp³-hybridized carbons (Fsp3) is 0.375. The van der Waals surface area contributed by atoms with Crippen molar-refractivity contribution in [3.8, 4) is 0 Å². The topological polar surface area (TPSA) is 77.7 Å². The first kappa shape index (κ1) is 16.6. The maximum Gasteiger partial charge on any atom is 0.243 e. The van der Waals surface area contributed by atoms with Crippen molar-refractivity contribution in [3.63, 3.8) is 0 Å². The Bertz CT molecular complexity index is 857. The molecule has 3 aromatic heterocycles. The molecule has 0 aromatic carbocycles. The van der Waals surface area contributed by atoms with Gasteiger partial charge in [0.2, 0.25) is 5.95 Å². The molecule has 0 saturated carbocycles. The van der Waals surface area contributed by atoms with E-state index in [0.29, 0.717) is 21.7 Å². The second kappa shape index (κ2) is 7.17. The molecule has 0 aliphatic carbocycles. The number of fused-ring (bicyclic) bond motifs is 1. The van der Waals surface area contributed by atoms with E-state index in [2.05, 4.69) is 25.6 Å². The lowest BCUT2D eigenvalue weighted by Crippen LogP contribution is -2.30. The molecule has 0 bridgehead atoms. The molecule has 3 aromatic rings. The molecule has 1 aliphatic heterocycles. The van der Waals surface area contributed by atoms with Crippen molar-refractivity contribution in [2.45, 2.75) is 12.6 Å². The van der Waals surface area contributed by atoms with Crippen LogP contribution in [0.4, 0.5) is 11.6 Å². The molecule has 0 spiro atoms. The van der Waals surface area contributed by atoms with Gasteiger partial charge in [0.15, 0.2) is 6.23 Å². The average molecular weight is 379 g/mol. The lowest BCUT2D eigenvalue weighted by molar-refractivity contribution is 0.201. The minimum absolute atomic E-state index is 0.618. The Morgan fingerprint density at radius 3 is 3.04 bits per heavy atom. The van der Waals surface area contributed by atoms with Gasteiger partial charge in [-0.15, -0.1) is 16.4 Å². The second-order valence-corrected chi connectivity index (χ2v) is 7.42. The first-order chi connectivity index (χ1) is 12.2. The van der Waals surface area contributed by atoms with E-state index in [1.54, 1.807) is 10.7 Å². The average Bonchev–Trinajstić information content (AvgIpc) is 3.11. The van der Waals surface area contributed by atoms with Gasteiger partial charge in [0, 0.05) is 19.6 Å². The molecule has 9 heteroatoms. The number of halogens is 1. The lowest BCUT2D eigenvalue weighted by atomic mass is 10.3. The van der Waals surface area contributed by atoms with E-state index >= 15 is 0 Å². The zero-order valence-electron chi connectivity index (χ0n) is 13.5. The Labute approximate surface area is 154 Å². The van der Waals surface area contributed by atoms with Gasteiger partial charge in [0.25, 0.3) is 0 Å². The third-order valence-corrected chi connectivity index (χ3v) is 5.40. The highest BCUT2D eigenvalue weighted by atomic mass is 35.5. The summed E-state index contributed by atoms with van der Waals surface area (Å²) in [5.41, 5.74) is 2.19. The number of hydrogen-bond acceptors (Lipinski definition) is 7. The van der Waals surface area contributed by atoms with Gasteiger partial charge < -0.3 is 20.6 Å². The predicted molar refractivity (Wildman–Crippen MR) is 101 cm³/mol. The predicted octanol–water partition coefficient (Wildman–Crippen LogP) is 2.35. The molecular weight excluding hydrogens is 360 g/mol. The number of nitrogens with one attached hydrogen (secondary N) is 2. The summed E-state index contributed by atoms with van der Waals surface area (Å²) >= 11 is 7.52. The molecule has 0 amide bonds. The maximum absolute atomic E-state index is 10.6. The van der Waals surface area contributed by atoms with Crippen molar-refractivity contribution in [3.05, 3.63) is 39.8 Å². The van der Waals surface area contributed by atoms with Crippen LogP contribution in [0.5, 0.6) is 0 Å². The third kappa shape index (κ3) is 3.43. The van der Waals surface area contributed by atoms with Crippen LogP contribution in [0.25, 0.3) is 5.52 Å². The summed E-state index contributed by atoms with van der Waals surface area (Å²) in [6.45, 7) is 3.71. The summed E-state index contributed by atoms with van der Waals surface area (Å²) in [6, 6.07) is 5.58. The van der Waals surface area contributed by atoms with Crippen molar-refractivity contribution < 1.29 is 5.11 Å². The summed E-state index contributed by atoms with van der Waals surface area (Å²) in [7, 11) is 0. The standard InChI is InChI=1S/C16H19ClN6OS/c17-14-12(4-9-25-14)20-15(24)13-3-2-11-10-19-16(21-23(11)13)22-7-1-5-18-6-8-22/h2-4,9-10,15,18,20,24H,1,5-8H2. The zero-order valence-corrected chi connectivity index (χ0v) is 15.1. The van der Waals surface area contributed by atoms with Gasteiger partial charge >= 0.3 is 0 Å². The molecule has 1 aliphatic rings. The van der Waals surface area contributed by atoms with Gasteiger partial charge in [0.1, 0.15) is 4.34 Å². The fourth-order valence-electron chi connectivity index (χ4n) is 2.93. The van der Waals surface area contributed by atoms with Crippen LogP contribution in [0.15, 0.2) is 29.8 Å². The molecule has 1 atom stereocenters. The Kier molecular flexibility index (Phi) is 4.76. The molecule has 7 nitrogen and oxygen atoms in total. The fourth-order valence-corrected chi connectivity index (χ4v) is 3.78. The van der Waals surface area contributed by atoms with Gasteiger partial charge in [-0.2, -0.15) is 0 Å². The lowest BCUT2D eigenvalue weighted by Gasteiger charge is -2.20. The molecule has 1 fully saturated rings. The van der Waals surface area contributed by atoms with Crippen LogP contribution < -0.4 is 15.5 Å². The molecule has 1 saturated heterocycles. The van der Waals surface area contributed by atoms with E-state index in [1.165, 1.54) is 11.3 Å². The number of thiophene rings is 1. The minimum Gasteiger partial charge on any atom is -0.368 e. The molecule has 3 N–H and O–H groups in total. The smallest absolute Gasteiger partial charge is 0.243 e. The second-order valence-electron chi connectivity index (χ2n) is 5.90. The van der Waals surface area contributed by atoms with Crippen LogP contribution in [-0.4, -0.2) is 45.9 Å². The monoisotopic (exact) mass is 378 g/mol. The van der Waals surface area contributed by atoms with Gasteiger partial charge in [0.05, 0.1) is 23.1 Å². The van der Waals surface area contributed by atoms with E-state index in [0.717, 1.165) is 38.1 Å². The first-order valence-electron chi connectivity index (χ1n) is 8.20. The van der Waals surface area contributed by atoms with Crippen LogP contribution in [-0.2, 0) is 0 Å². The largest absolute Gasteiger partial charge is 0.368 e. The Balaban J connectivity index is 1.62. The van der Waals surface area contributed by atoms with E-state index in [1.807, 2.05) is 23.6 Å². The van der Waals surface area contributed by atoms with Crippen molar-refractivity contribution in [2.24, 2.45) is 0 Å². The normalized spacial score (nSPS) is 16.8. The highest BCUT2D eigenvalue weighted by Crippen LogP contribution is 2.30. The number of nitrogens with zero attached hydrogens (tertiary/aromatic N) is 4. The molecular formula is C16H19ClN6OS. The van der Waals surface area contributed by atoms with Crippen molar-refractivity contribution >= 4 is 40.1 Å². The van der Waals surface area contributed by atoms with Crippen LogP contribution >= 0.6 is 22.9 Å². The quantitative estimate of drug-likeness (QED) is 0.605. The van der Waals surface area contributed by atoms with E-state index in [9.17, 15) is 5.11 Å². The van der Waals surface area contributed by atoms with E-state index < -0.39 is 6.23 Å². The summed E-state index contributed by atoms with van der Waals surface area (Å²) in [5, 5.41) is 23.5. The van der Waals surface area contributed by atoms with Gasteiger partial charge in [-0.05, 0) is 36.5 Å². The molecule has 132 valence electrons. The Hall–Kier alpha value is -1.87. The van der Waals surface area contributed by atoms with Gasteiger partial charge in [-0.25, -0.2) is 9.50 Å². The highest BCUT2D eigenvalue weighted by molar-refractivity contribution is 7.15. The first-order valence-corrected chi connectivity index (χ1v) is 9.46.